The van der Waals surface area contributed by atoms with Crippen LogP contribution in [0.2, 0.25) is 5.02 Å². The fraction of sp³-hybridized carbons (Fsp3) is 0.393. The Kier molecular flexibility index (Phi) is 6.84. The zero-order valence-corrected chi connectivity index (χ0v) is 22.3. The van der Waals surface area contributed by atoms with Gasteiger partial charge in [-0.2, -0.15) is 10.2 Å². The molecule has 1 saturated carbocycles. The number of nitrogens with one attached hydrogen (secondary N) is 1. The number of methoxy groups -OCH3 is 1. The summed E-state index contributed by atoms with van der Waals surface area (Å²) < 4.78 is 14.0. The van der Waals surface area contributed by atoms with Gasteiger partial charge in [0.25, 0.3) is 11.9 Å². The van der Waals surface area contributed by atoms with Crippen LogP contribution in [0.15, 0.2) is 35.3 Å². The van der Waals surface area contributed by atoms with E-state index >= 15 is 0 Å². The number of benzene rings is 2. The van der Waals surface area contributed by atoms with Crippen molar-refractivity contribution in [2.45, 2.75) is 51.5 Å². The summed E-state index contributed by atoms with van der Waals surface area (Å²) in [6, 6.07) is 12.0. The largest absolute Gasteiger partial charge is 0.468 e. The van der Waals surface area contributed by atoms with Crippen molar-refractivity contribution in [3.05, 3.63) is 46.5 Å². The third-order valence-electron chi connectivity index (χ3n) is 7.25. The van der Waals surface area contributed by atoms with Crippen molar-refractivity contribution in [1.29, 1.82) is 5.26 Å². The molecule has 38 heavy (non-hydrogen) atoms. The number of rotatable bonds is 8. The molecule has 5 rings (SSSR count). The second-order valence-electron chi connectivity index (χ2n) is 9.96. The van der Waals surface area contributed by atoms with Gasteiger partial charge in [-0.1, -0.05) is 24.6 Å². The Morgan fingerprint density at radius 1 is 1.26 bits per heavy atom. The second-order valence-corrected chi connectivity index (χ2v) is 10.4. The SMILES string of the molecule is CCc1cc(CCC2CN=C(C#N)C(=O)NC2=O)cc(Cl)c1Oc1ccc2nc(OC)n(C3(C)CC3)c2c1. The number of hydrogen-bond donors (Lipinski definition) is 1. The zero-order valence-electron chi connectivity index (χ0n) is 21.5. The van der Waals surface area contributed by atoms with Crippen molar-refractivity contribution in [2.24, 2.45) is 10.9 Å². The Labute approximate surface area is 225 Å². The van der Waals surface area contributed by atoms with Gasteiger partial charge in [0.1, 0.15) is 17.6 Å². The summed E-state index contributed by atoms with van der Waals surface area (Å²) in [7, 11) is 1.63. The van der Waals surface area contributed by atoms with E-state index in [2.05, 4.69) is 26.8 Å². The van der Waals surface area contributed by atoms with Crippen LogP contribution in [-0.4, -0.2) is 40.7 Å². The van der Waals surface area contributed by atoms with E-state index in [0.29, 0.717) is 41.8 Å². The summed E-state index contributed by atoms with van der Waals surface area (Å²) in [6.45, 7) is 4.32. The van der Waals surface area contributed by atoms with Gasteiger partial charge in [-0.15, -0.1) is 0 Å². The molecule has 1 aromatic heterocycles. The lowest BCUT2D eigenvalue weighted by molar-refractivity contribution is -0.129. The number of carbonyl (C=O) groups excluding carboxylic acids is 2. The van der Waals surface area contributed by atoms with Gasteiger partial charge in [0.2, 0.25) is 11.6 Å². The van der Waals surface area contributed by atoms with Crippen LogP contribution < -0.4 is 14.8 Å². The first kappa shape index (κ1) is 25.7. The predicted molar refractivity (Wildman–Crippen MR) is 143 cm³/mol. The fourth-order valence-corrected chi connectivity index (χ4v) is 5.09. The minimum atomic E-state index is -0.747. The van der Waals surface area contributed by atoms with E-state index in [1.807, 2.05) is 37.3 Å². The monoisotopic (exact) mass is 533 g/mol. The van der Waals surface area contributed by atoms with Crippen LogP contribution in [0.3, 0.4) is 0 Å². The number of hydrogen-bond acceptors (Lipinski definition) is 7. The zero-order chi connectivity index (χ0) is 27.0. The van der Waals surface area contributed by atoms with Gasteiger partial charge in [-0.05, 0) is 68.4 Å². The Hall–Kier alpha value is -3.90. The Balaban J connectivity index is 1.37. The van der Waals surface area contributed by atoms with E-state index in [0.717, 1.165) is 35.0 Å². The summed E-state index contributed by atoms with van der Waals surface area (Å²) in [4.78, 5) is 32.8. The maximum absolute atomic E-state index is 12.4. The maximum Gasteiger partial charge on any atom is 0.297 e. The third kappa shape index (κ3) is 4.84. The van der Waals surface area contributed by atoms with Crippen LogP contribution in [-0.2, 0) is 28.0 Å². The van der Waals surface area contributed by atoms with Crippen molar-refractivity contribution in [2.75, 3.05) is 13.7 Å². The molecule has 0 bridgehead atoms. The highest BCUT2D eigenvalue weighted by Crippen LogP contribution is 2.48. The molecule has 1 unspecified atom stereocenters. The third-order valence-corrected chi connectivity index (χ3v) is 7.53. The summed E-state index contributed by atoms with van der Waals surface area (Å²) in [5, 5.41) is 11.7. The molecule has 0 saturated heterocycles. The number of amides is 2. The van der Waals surface area contributed by atoms with E-state index in [-0.39, 0.29) is 17.8 Å². The molecule has 196 valence electrons. The number of halogens is 1. The smallest absolute Gasteiger partial charge is 0.297 e. The molecule has 0 radical (unpaired) electrons. The summed E-state index contributed by atoms with van der Waals surface area (Å²) >= 11 is 6.71. The number of aryl methyl sites for hydroxylation is 2. The van der Waals surface area contributed by atoms with Crippen LogP contribution >= 0.6 is 11.6 Å². The molecule has 1 atom stereocenters. The van der Waals surface area contributed by atoms with Crippen molar-refractivity contribution in [1.82, 2.24) is 14.9 Å². The summed E-state index contributed by atoms with van der Waals surface area (Å²) in [5.41, 5.74) is 3.41. The van der Waals surface area contributed by atoms with Crippen LogP contribution in [0.1, 0.15) is 44.2 Å². The number of imidazole rings is 1. The van der Waals surface area contributed by atoms with Crippen LogP contribution in [0.25, 0.3) is 11.0 Å². The molecule has 2 aliphatic rings. The average molecular weight is 534 g/mol. The molecule has 2 aromatic carbocycles. The number of imide groups is 1. The van der Waals surface area contributed by atoms with Gasteiger partial charge in [0.15, 0.2) is 0 Å². The van der Waals surface area contributed by atoms with Crippen molar-refractivity contribution in [3.63, 3.8) is 0 Å². The number of aliphatic imine (C=N–C) groups is 1. The lowest BCUT2D eigenvalue weighted by Crippen LogP contribution is -2.37. The predicted octanol–water partition coefficient (Wildman–Crippen LogP) is 4.73. The number of nitrogens with zero attached hydrogens (tertiary/aromatic N) is 4. The molecule has 2 heterocycles. The fourth-order valence-electron chi connectivity index (χ4n) is 4.79. The maximum atomic E-state index is 12.4. The molecular formula is C28H28ClN5O4. The molecule has 1 N–H and O–H groups in total. The van der Waals surface area contributed by atoms with Crippen molar-refractivity contribution < 1.29 is 19.1 Å². The van der Waals surface area contributed by atoms with Gasteiger partial charge >= 0.3 is 0 Å². The summed E-state index contributed by atoms with van der Waals surface area (Å²) in [5.74, 6) is -0.429. The minimum Gasteiger partial charge on any atom is -0.468 e. The van der Waals surface area contributed by atoms with Gasteiger partial charge in [0, 0.05) is 11.6 Å². The van der Waals surface area contributed by atoms with E-state index in [4.69, 9.17) is 26.3 Å². The molecule has 1 fully saturated rings. The number of carbonyl (C=O) groups is 2. The molecule has 0 spiro atoms. The molecule has 3 aromatic rings. The van der Waals surface area contributed by atoms with E-state index in [1.54, 1.807) is 13.2 Å². The molecule has 10 heteroatoms. The highest BCUT2D eigenvalue weighted by molar-refractivity contribution is 6.47. The van der Waals surface area contributed by atoms with E-state index < -0.39 is 17.7 Å². The van der Waals surface area contributed by atoms with E-state index in [9.17, 15) is 9.59 Å². The average Bonchev–Trinajstić information content (AvgIpc) is 3.56. The van der Waals surface area contributed by atoms with Crippen LogP contribution in [0, 0.1) is 17.2 Å². The Morgan fingerprint density at radius 2 is 2.05 bits per heavy atom. The number of nitriles is 1. The highest BCUT2D eigenvalue weighted by atomic mass is 35.5. The number of fused-ring (bicyclic) bond motifs is 1. The van der Waals surface area contributed by atoms with Gasteiger partial charge in [0.05, 0.1) is 35.6 Å². The lowest BCUT2D eigenvalue weighted by atomic mass is 9.97. The lowest BCUT2D eigenvalue weighted by Gasteiger charge is -2.17. The molecular weight excluding hydrogens is 506 g/mol. The van der Waals surface area contributed by atoms with E-state index in [1.165, 1.54) is 0 Å². The summed E-state index contributed by atoms with van der Waals surface area (Å²) in [6.07, 6.45) is 3.85. The first-order valence-corrected chi connectivity index (χ1v) is 13.0. The first-order chi connectivity index (χ1) is 18.3. The van der Waals surface area contributed by atoms with Crippen molar-refractivity contribution >= 4 is 40.2 Å². The standard InChI is InChI=1S/C28H28ClN5O4/c1-4-17-11-16(5-6-18-15-31-22(14-30)26(36)33-25(18)35)12-20(29)24(17)38-19-7-8-21-23(13-19)34(27(32-21)37-3)28(2)9-10-28/h7-8,11-13,18H,4-6,9-10,15H2,1-3H3,(H,33,35,36). The Morgan fingerprint density at radius 3 is 2.74 bits per heavy atom. The molecule has 1 aliphatic heterocycles. The molecule has 9 nitrogen and oxygen atoms in total. The molecule has 1 aliphatic carbocycles. The molecule has 2 amide bonds. The Bertz CT molecular complexity index is 1520. The number of ether oxygens (including phenoxy) is 2. The van der Waals surface area contributed by atoms with Gasteiger partial charge < -0.3 is 9.47 Å². The minimum absolute atomic E-state index is 0.00435. The topological polar surface area (TPSA) is 119 Å². The van der Waals surface area contributed by atoms with Crippen LogP contribution in [0.4, 0.5) is 0 Å². The van der Waals surface area contributed by atoms with Gasteiger partial charge in [-0.3, -0.25) is 24.5 Å². The second kappa shape index (κ2) is 10.1. The quantitative estimate of drug-likeness (QED) is 0.418. The first-order valence-electron chi connectivity index (χ1n) is 12.6. The van der Waals surface area contributed by atoms with Crippen LogP contribution in [0.5, 0.6) is 17.5 Å². The van der Waals surface area contributed by atoms with Gasteiger partial charge in [-0.25, -0.2) is 0 Å². The van der Waals surface area contributed by atoms with Crippen molar-refractivity contribution in [3.8, 4) is 23.6 Å². The number of aromatic nitrogens is 2. The normalized spacial score (nSPS) is 18.4. The highest BCUT2D eigenvalue weighted by Gasteiger charge is 2.42.